The van der Waals surface area contributed by atoms with E-state index in [-0.39, 0.29) is 31.4 Å². The number of H-pyrrole nitrogens is 1. The van der Waals surface area contributed by atoms with Crippen LogP contribution >= 0.6 is 0 Å². The molecule has 9 nitrogen and oxygen atoms in total. The molecule has 2 unspecified atom stereocenters. The van der Waals surface area contributed by atoms with Crippen LogP contribution in [0.4, 0.5) is 4.79 Å². The molecule has 4 N–H and O–H groups in total. The molecule has 3 aromatic carbocycles. The van der Waals surface area contributed by atoms with Crippen molar-refractivity contribution in [2.75, 3.05) is 26.7 Å². The Hall–Kier alpha value is -4.37. The summed E-state index contributed by atoms with van der Waals surface area (Å²) in [5, 5.41) is 12.4. The number of piperidine rings is 1. The number of urea groups is 1. The molecule has 0 radical (unpaired) electrons. The van der Waals surface area contributed by atoms with E-state index in [9.17, 15) is 14.4 Å². The molecule has 0 aliphatic carbocycles. The van der Waals surface area contributed by atoms with E-state index in [0.717, 1.165) is 52.2 Å². The first kappa shape index (κ1) is 29.1. The summed E-state index contributed by atoms with van der Waals surface area (Å²) in [5.74, 6) is -0.848. The minimum atomic E-state index is -0.896. The lowest BCUT2D eigenvalue weighted by Crippen LogP contribution is -2.57. The largest absolute Gasteiger partial charge is 0.464 e. The van der Waals surface area contributed by atoms with E-state index in [1.54, 1.807) is 14.0 Å². The van der Waals surface area contributed by atoms with Crippen molar-refractivity contribution in [3.05, 3.63) is 84.1 Å². The number of para-hydroxylation sites is 1. The van der Waals surface area contributed by atoms with Crippen molar-refractivity contribution in [1.82, 2.24) is 25.8 Å². The fourth-order valence-electron chi connectivity index (χ4n) is 5.69. The quantitative estimate of drug-likeness (QED) is 0.216. The third-order valence-electron chi connectivity index (χ3n) is 7.95. The van der Waals surface area contributed by atoms with E-state index in [2.05, 4.69) is 20.9 Å². The predicted molar refractivity (Wildman–Crippen MR) is 164 cm³/mol. The fraction of sp³-hybridized carbons (Fsp3) is 0.364. The number of likely N-dealkylation sites (N-methyl/N-ethyl adjacent to an activating group) is 1. The average molecular weight is 570 g/mol. The van der Waals surface area contributed by atoms with Crippen molar-refractivity contribution in [2.45, 2.75) is 50.7 Å². The molecule has 0 bridgehead atoms. The van der Waals surface area contributed by atoms with Crippen molar-refractivity contribution in [3.63, 3.8) is 0 Å². The molecule has 1 saturated heterocycles. The van der Waals surface area contributed by atoms with Crippen LogP contribution < -0.4 is 16.0 Å². The first-order chi connectivity index (χ1) is 20.4. The van der Waals surface area contributed by atoms with Gasteiger partial charge < -0.3 is 30.6 Å². The SMILES string of the molecule is CCOC(=O)[C@H](Cc1c[nH]c2ccccc12)N(C)C(=O)C(Cc1ccc2ccccc2c1)NC(=O)NC1CCCNC1. The number of benzene rings is 3. The number of esters is 1. The van der Waals surface area contributed by atoms with Gasteiger partial charge in [-0.05, 0) is 54.3 Å². The van der Waals surface area contributed by atoms with Gasteiger partial charge in [-0.2, -0.15) is 0 Å². The monoisotopic (exact) mass is 569 g/mol. The van der Waals surface area contributed by atoms with Gasteiger partial charge in [-0.25, -0.2) is 9.59 Å². The van der Waals surface area contributed by atoms with Crippen molar-refractivity contribution < 1.29 is 19.1 Å². The van der Waals surface area contributed by atoms with E-state index >= 15 is 0 Å². The highest BCUT2D eigenvalue weighted by Gasteiger charge is 2.34. The molecule has 4 aromatic rings. The first-order valence-corrected chi connectivity index (χ1v) is 14.7. The fourth-order valence-corrected chi connectivity index (χ4v) is 5.69. The molecular formula is C33H39N5O4. The number of aromatic amines is 1. The second-order valence-corrected chi connectivity index (χ2v) is 10.9. The van der Waals surface area contributed by atoms with E-state index in [1.807, 2.05) is 72.9 Å². The van der Waals surface area contributed by atoms with Gasteiger partial charge in [0.05, 0.1) is 6.61 Å². The minimum Gasteiger partial charge on any atom is -0.464 e. The van der Waals surface area contributed by atoms with E-state index < -0.39 is 24.1 Å². The third kappa shape index (κ3) is 6.91. The summed E-state index contributed by atoms with van der Waals surface area (Å²) in [6.07, 6.45) is 4.26. The number of hydrogen-bond donors (Lipinski definition) is 4. The third-order valence-corrected chi connectivity index (χ3v) is 7.95. The lowest BCUT2D eigenvalue weighted by molar-refractivity contribution is -0.154. The van der Waals surface area contributed by atoms with Crippen molar-refractivity contribution in [3.8, 4) is 0 Å². The van der Waals surface area contributed by atoms with Gasteiger partial charge in [-0.15, -0.1) is 0 Å². The van der Waals surface area contributed by atoms with E-state index in [4.69, 9.17) is 4.74 Å². The van der Waals surface area contributed by atoms with Crippen molar-refractivity contribution in [2.24, 2.45) is 0 Å². The van der Waals surface area contributed by atoms with Crippen molar-refractivity contribution >= 4 is 39.6 Å². The Morgan fingerprint density at radius 3 is 2.60 bits per heavy atom. The Labute approximate surface area is 246 Å². The Kier molecular flexibility index (Phi) is 9.38. The summed E-state index contributed by atoms with van der Waals surface area (Å²) in [4.78, 5) is 45.2. The standard InChI is InChI=1S/C33H39N5O4/c1-3-42-32(40)30(19-25-20-35-28-13-7-6-12-27(25)28)38(2)31(39)29(37-33(41)36-26-11-8-16-34-21-26)18-22-14-15-23-9-4-5-10-24(23)17-22/h4-7,9-10,12-15,17,20,26,29-30,34-35H,3,8,11,16,18-19,21H2,1-2H3,(H2,36,37,41)/t26?,29?,30-/m0/s1. The Morgan fingerprint density at radius 2 is 1.81 bits per heavy atom. The second kappa shape index (κ2) is 13.5. The highest BCUT2D eigenvalue weighted by atomic mass is 16.5. The molecule has 1 aliphatic heterocycles. The van der Waals surface area contributed by atoms with Gasteiger partial charge in [0.25, 0.3) is 0 Å². The zero-order valence-electron chi connectivity index (χ0n) is 24.2. The molecule has 1 fully saturated rings. The Balaban J connectivity index is 1.40. The highest BCUT2D eigenvalue weighted by molar-refractivity contribution is 5.92. The summed E-state index contributed by atoms with van der Waals surface area (Å²) < 4.78 is 5.41. The summed E-state index contributed by atoms with van der Waals surface area (Å²) in [7, 11) is 1.61. The molecule has 1 aromatic heterocycles. The van der Waals surface area contributed by atoms with Gasteiger partial charge >= 0.3 is 12.0 Å². The topological polar surface area (TPSA) is 116 Å². The number of amides is 3. The lowest BCUT2D eigenvalue weighted by atomic mass is 9.99. The van der Waals surface area contributed by atoms with Crippen LogP contribution in [0.3, 0.4) is 0 Å². The van der Waals surface area contributed by atoms with Crippen LogP contribution in [0.5, 0.6) is 0 Å². The summed E-state index contributed by atoms with van der Waals surface area (Å²) in [5.41, 5.74) is 2.77. The molecular weight excluding hydrogens is 530 g/mol. The molecule has 220 valence electrons. The number of nitrogens with zero attached hydrogens (tertiary/aromatic N) is 1. The smallest absolute Gasteiger partial charge is 0.329 e. The number of ether oxygens (including phenoxy) is 1. The lowest BCUT2D eigenvalue weighted by Gasteiger charge is -2.31. The molecule has 0 spiro atoms. The van der Waals surface area contributed by atoms with Gasteiger partial charge in [-0.1, -0.05) is 60.7 Å². The number of carbonyl (C=O) groups is 3. The predicted octanol–water partition coefficient (Wildman–Crippen LogP) is 3.92. The zero-order valence-corrected chi connectivity index (χ0v) is 24.2. The summed E-state index contributed by atoms with van der Waals surface area (Å²) in [6, 6.07) is 19.7. The molecule has 0 saturated carbocycles. The molecule has 9 heteroatoms. The Bertz CT molecular complexity index is 1540. The second-order valence-electron chi connectivity index (χ2n) is 10.9. The number of rotatable bonds is 10. The van der Waals surface area contributed by atoms with Gasteiger partial charge in [0, 0.05) is 49.6 Å². The number of aromatic nitrogens is 1. The average Bonchev–Trinajstić information content (AvgIpc) is 3.42. The molecule has 2 heterocycles. The van der Waals surface area contributed by atoms with E-state index in [1.165, 1.54) is 4.90 Å². The number of fused-ring (bicyclic) bond motifs is 2. The maximum atomic E-state index is 14.1. The van der Waals surface area contributed by atoms with Gasteiger partial charge in [0.1, 0.15) is 12.1 Å². The van der Waals surface area contributed by atoms with Crippen LogP contribution in [0, 0.1) is 0 Å². The maximum Gasteiger partial charge on any atom is 0.329 e. The molecule has 3 amide bonds. The van der Waals surface area contributed by atoms with Crippen LogP contribution in [0.1, 0.15) is 30.9 Å². The summed E-state index contributed by atoms with van der Waals surface area (Å²) >= 11 is 0. The highest BCUT2D eigenvalue weighted by Crippen LogP contribution is 2.22. The molecule has 5 rings (SSSR count). The van der Waals surface area contributed by atoms with Crippen LogP contribution in [-0.4, -0.2) is 72.7 Å². The zero-order chi connectivity index (χ0) is 29.5. The maximum absolute atomic E-state index is 14.1. The number of carbonyl (C=O) groups excluding carboxylic acids is 3. The molecule has 42 heavy (non-hydrogen) atoms. The summed E-state index contributed by atoms with van der Waals surface area (Å²) in [6.45, 7) is 3.56. The van der Waals surface area contributed by atoms with Crippen LogP contribution in [0.25, 0.3) is 21.7 Å². The van der Waals surface area contributed by atoms with Gasteiger partial charge in [-0.3, -0.25) is 4.79 Å². The van der Waals surface area contributed by atoms with E-state index in [0.29, 0.717) is 6.54 Å². The number of nitrogens with one attached hydrogen (secondary N) is 4. The molecule has 3 atom stereocenters. The van der Waals surface area contributed by atoms with Crippen LogP contribution in [0.2, 0.25) is 0 Å². The molecule has 1 aliphatic rings. The Morgan fingerprint density at radius 1 is 1.02 bits per heavy atom. The normalized spacial score (nSPS) is 16.5. The van der Waals surface area contributed by atoms with Crippen molar-refractivity contribution in [1.29, 1.82) is 0 Å². The van der Waals surface area contributed by atoms with Gasteiger partial charge in [0.2, 0.25) is 5.91 Å². The van der Waals surface area contributed by atoms with Gasteiger partial charge in [0.15, 0.2) is 0 Å². The number of hydrogen-bond acceptors (Lipinski definition) is 5. The first-order valence-electron chi connectivity index (χ1n) is 14.7. The van der Waals surface area contributed by atoms with Crippen LogP contribution in [-0.2, 0) is 27.2 Å². The minimum absolute atomic E-state index is 0.0120. The van der Waals surface area contributed by atoms with Crippen LogP contribution in [0.15, 0.2) is 72.9 Å².